The lowest BCUT2D eigenvalue weighted by Crippen LogP contribution is -2.26. The molecule has 12 heavy (non-hydrogen) atoms. The first-order chi connectivity index (χ1) is 5.63. The summed E-state index contributed by atoms with van der Waals surface area (Å²) in [6.45, 7) is 6.34. The van der Waals surface area contributed by atoms with Crippen molar-refractivity contribution in [2.75, 3.05) is 0 Å². The summed E-state index contributed by atoms with van der Waals surface area (Å²) in [7, 11) is 0. The van der Waals surface area contributed by atoms with Crippen LogP contribution >= 0.6 is 0 Å². The van der Waals surface area contributed by atoms with E-state index in [1.54, 1.807) is 0 Å². The van der Waals surface area contributed by atoms with Crippen molar-refractivity contribution in [1.29, 1.82) is 0 Å². The molecule has 1 aliphatic rings. The fourth-order valence-electron chi connectivity index (χ4n) is 1.49. The van der Waals surface area contributed by atoms with Crippen molar-refractivity contribution >= 4 is 0 Å². The van der Waals surface area contributed by atoms with Gasteiger partial charge in [0.15, 0.2) is 0 Å². The third-order valence-electron chi connectivity index (χ3n) is 2.46. The highest BCUT2D eigenvalue weighted by atomic mass is 14.6. The lowest BCUT2D eigenvalue weighted by molar-refractivity contribution is 0.603. The summed E-state index contributed by atoms with van der Waals surface area (Å²) in [5.74, 6) is 0.403. The normalized spacial score (nSPS) is 25.8. The van der Waals surface area contributed by atoms with Crippen LogP contribution in [0.1, 0.15) is 20.8 Å². The van der Waals surface area contributed by atoms with Gasteiger partial charge in [-0.1, -0.05) is 35.5 Å². The summed E-state index contributed by atoms with van der Waals surface area (Å²) >= 11 is 0. The molecule has 0 unspecified atom stereocenters. The fourth-order valence-corrected chi connectivity index (χ4v) is 1.49. The Hall–Kier alpha value is -0.820. The van der Waals surface area contributed by atoms with Crippen LogP contribution in [-0.4, -0.2) is 6.04 Å². The van der Waals surface area contributed by atoms with Crippen LogP contribution in [0, 0.1) is 5.92 Å². The average molecular weight is 163 g/mol. The van der Waals surface area contributed by atoms with Gasteiger partial charge in [-0.25, -0.2) is 0 Å². The lowest BCUT2D eigenvalue weighted by atomic mass is 9.91. The maximum Gasteiger partial charge on any atom is 0.0132 e. The molecule has 1 nitrogen and oxygen atoms in total. The van der Waals surface area contributed by atoms with E-state index < -0.39 is 0 Å². The van der Waals surface area contributed by atoms with Crippen molar-refractivity contribution in [3.05, 3.63) is 35.5 Å². The molecular weight excluding hydrogens is 146 g/mol. The monoisotopic (exact) mass is 163 g/mol. The molecule has 0 heterocycles. The molecule has 0 spiro atoms. The molecule has 0 radical (unpaired) electrons. The van der Waals surface area contributed by atoms with Crippen molar-refractivity contribution in [1.82, 2.24) is 0 Å². The van der Waals surface area contributed by atoms with Gasteiger partial charge in [-0.2, -0.15) is 0 Å². The molecule has 1 aliphatic carbocycles. The predicted molar refractivity (Wildman–Crippen MR) is 53.8 cm³/mol. The van der Waals surface area contributed by atoms with Crippen LogP contribution in [-0.2, 0) is 0 Å². The van der Waals surface area contributed by atoms with Crippen molar-refractivity contribution in [3.63, 3.8) is 0 Å². The molecule has 0 aromatic rings. The fraction of sp³-hybridized carbons (Fsp3) is 0.455. The zero-order chi connectivity index (χ0) is 9.14. The molecule has 0 aromatic carbocycles. The second-order valence-corrected chi connectivity index (χ2v) is 3.49. The summed E-state index contributed by atoms with van der Waals surface area (Å²) < 4.78 is 0. The van der Waals surface area contributed by atoms with Gasteiger partial charge in [0.05, 0.1) is 0 Å². The van der Waals surface area contributed by atoms with Crippen LogP contribution in [0.15, 0.2) is 35.5 Å². The van der Waals surface area contributed by atoms with Gasteiger partial charge in [-0.15, -0.1) is 0 Å². The Bertz CT molecular complexity index is 244. The smallest absolute Gasteiger partial charge is 0.0132 e. The minimum atomic E-state index is 0.205. The molecule has 2 atom stereocenters. The maximum absolute atomic E-state index is 5.88. The van der Waals surface area contributed by atoms with Gasteiger partial charge in [0.25, 0.3) is 0 Å². The molecule has 0 bridgehead atoms. The first kappa shape index (κ1) is 9.27. The molecule has 0 saturated heterocycles. The topological polar surface area (TPSA) is 26.0 Å². The third kappa shape index (κ3) is 1.86. The van der Waals surface area contributed by atoms with Gasteiger partial charge >= 0.3 is 0 Å². The van der Waals surface area contributed by atoms with E-state index in [0.29, 0.717) is 5.92 Å². The van der Waals surface area contributed by atoms with Gasteiger partial charge in [0.1, 0.15) is 0 Å². The van der Waals surface area contributed by atoms with E-state index >= 15 is 0 Å². The molecular formula is C11H17N. The number of hydrogen-bond donors (Lipinski definition) is 1. The Morgan fingerprint density at radius 2 is 2.00 bits per heavy atom. The van der Waals surface area contributed by atoms with Crippen molar-refractivity contribution in [3.8, 4) is 0 Å². The average Bonchev–Trinajstić information content (AvgIpc) is 2.15. The Labute approximate surface area is 74.7 Å². The SMILES string of the molecule is CC1=C(C)[C@H]([C@@H](C)N)C=CC=C1. The molecule has 66 valence electrons. The summed E-state index contributed by atoms with van der Waals surface area (Å²) in [5, 5.41) is 0. The van der Waals surface area contributed by atoms with E-state index in [-0.39, 0.29) is 6.04 Å². The molecule has 2 N–H and O–H groups in total. The van der Waals surface area contributed by atoms with Crippen LogP contribution in [0.2, 0.25) is 0 Å². The second-order valence-electron chi connectivity index (χ2n) is 3.49. The number of nitrogens with two attached hydrogens (primary N) is 1. The van der Waals surface area contributed by atoms with Crippen LogP contribution in [0.5, 0.6) is 0 Å². The highest BCUT2D eigenvalue weighted by Gasteiger charge is 2.14. The van der Waals surface area contributed by atoms with Crippen molar-refractivity contribution in [2.24, 2.45) is 11.7 Å². The van der Waals surface area contributed by atoms with Gasteiger partial charge in [0, 0.05) is 12.0 Å². The Kier molecular flexibility index (Phi) is 2.88. The molecule has 0 fully saturated rings. The van der Waals surface area contributed by atoms with Gasteiger partial charge < -0.3 is 5.73 Å². The highest BCUT2D eigenvalue weighted by Crippen LogP contribution is 2.22. The quantitative estimate of drug-likeness (QED) is 0.631. The Balaban J connectivity index is 2.96. The third-order valence-corrected chi connectivity index (χ3v) is 2.46. The number of allylic oxidation sites excluding steroid dienone is 4. The number of hydrogen-bond acceptors (Lipinski definition) is 1. The van der Waals surface area contributed by atoms with Crippen LogP contribution in [0.3, 0.4) is 0 Å². The summed E-state index contributed by atoms with van der Waals surface area (Å²) in [6.07, 6.45) is 8.45. The lowest BCUT2D eigenvalue weighted by Gasteiger charge is -2.18. The zero-order valence-corrected chi connectivity index (χ0v) is 8.04. The van der Waals surface area contributed by atoms with E-state index in [9.17, 15) is 0 Å². The molecule has 1 rings (SSSR count). The molecule has 0 aliphatic heterocycles. The summed E-state index contributed by atoms with van der Waals surface area (Å²) in [4.78, 5) is 0. The van der Waals surface area contributed by atoms with Gasteiger partial charge in [-0.05, 0) is 20.8 Å². The van der Waals surface area contributed by atoms with Crippen molar-refractivity contribution < 1.29 is 0 Å². The minimum absolute atomic E-state index is 0.205. The largest absolute Gasteiger partial charge is 0.327 e. The molecule has 0 amide bonds. The first-order valence-corrected chi connectivity index (χ1v) is 4.40. The van der Waals surface area contributed by atoms with E-state index in [2.05, 4.69) is 45.1 Å². The number of rotatable bonds is 1. The zero-order valence-electron chi connectivity index (χ0n) is 8.04. The van der Waals surface area contributed by atoms with E-state index in [1.807, 2.05) is 0 Å². The first-order valence-electron chi connectivity index (χ1n) is 4.40. The predicted octanol–water partition coefficient (Wildman–Crippen LogP) is 2.41. The van der Waals surface area contributed by atoms with E-state index in [4.69, 9.17) is 5.73 Å². The molecule has 0 saturated carbocycles. The minimum Gasteiger partial charge on any atom is -0.327 e. The van der Waals surface area contributed by atoms with Crippen molar-refractivity contribution in [2.45, 2.75) is 26.8 Å². The van der Waals surface area contributed by atoms with Crippen LogP contribution in [0.25, 0.3) is 0 Å². The van der Waals surface area contributed by atoms with Crippen LogP contribution in [0.4, 0.5) is 0 Å². The summed E-state index contributed by atoms with van der Waals surface area (Å²) in [6, 6.07) is 0.205. The molecule has 0 aromatic heterocycles. The van der Waals surface area contributed by atoms with Gasteiger partial charge in [0.2, 0.25) is 0 Å². The summed E-state index contributed by atoms with van der Waals surface area (Å²) in [5.41, 5.74) is 8.60. The molecule has 1 heteroatoms. The standard InChI is InChI=1S/C11H17N/c1-8-6-4-5-7-11(9(8)2)10(3)12/h4-7,10-11H,12H2,1-3H3/t10-,11-/m1/s1. The van der Waals surface area contributed by atoms with E-state index in [0.717, 1.165) is 0 Å². The van der Waals surface area contributed by atoms with Crippen LogP contribution < -0.4 is 5.73 Å². The highest BCUT2D eigenvalue weighted by molar-refractivity contribution is 5.33. The Morgan fingerprint density at radius 1 is 1.33 bits per heavy atom. The maximum atomic E-state index is 5.88. The van der Waals surface area contributed by atoms with E-state index in [1.165, 1.54) is 11.1 Å². The second kappa shape index (κ2) is 3.72. The Morgan fingerprint density at radius 3 is 2.58 bits per heavy atom. The van der Waals surface area contributed by atoms with Gasteiger partial charge in [-0.3, -0.25) is 0 Å².